The van der Waals surface area contributed by atoms with Gasteiger partial charge in [-0.05, 0) is 73.6 Å². The fourth-order valence-electron chi connectivity index (χ4n) is 8.79. The lowest BCUT2D eigenvalue weighted by Crippen LogP contribution is -2.53. The van der Waals surface area contributed by atoms with E-state index in [-0.39, 0.29) is 76.7 Å². The number of rotatable bonds is 37. The SMILES string of the molecule is COCCOCCOCCOCCOCCOC(=O)N[C@H](C(=O)C[C@@H](Cc1ccccc1)[C@H](CN(Cc1ccc(-c2ccccn2)cc1)NC(=O)[C@@H](CC(=O)OC)C(C)(C)C)OC(=O)[C@@H](CC(=O)OC(C)(C)C)CC(C)C)C(C)(C)C. The van der Waals surface area contributed by atoms with Crippen LogP contribution in [-0.4, -0.2) is 150 Å². The van der Waals surface area contributed by atoms with Crippen molar-refractivity contribution in [2.45, 2.75) is 133 Å². The number of hydrogen-bond acceptors (Lipinski definition) is 17. The van der Waals surface area contributed by atoms with Gasteiger partial charge in [-0.15, -0.1) is 0 Å². The number of ketones is 1. The summed E-state index contributed by atoms with van der Waals surface area (Å²) in [6, 6.07) is 21.7. The Balaban J connectivity index is 2.03. The van der Waals surface area contributed by atoms with E-state index in [1.807, 2.05) is 128 Å². The molecule has 452 valence electrons. The molecule has 0 aliphatic heterocycles. The average molecular weight is 1140 g/mol. The lowest BCUT2D eigenvalue weighted by molar-refractivity contribution is -0.167. The van der Waals surface area contributed by atoms with Crippen molar-refractivity contribution in [3.8, 4) is 11.3 Å². The third kappa shape index (κ3) is 28.6. The van der Waals surface area contributed by atoms with Crippen LogP contribution in [0.1, 0.15) is 113 Å². The molecule has 0 bridgehead atoms. The van der Waals surface area contributed by atoms with Crippen molar-refractivity contribution in [3.63, 3.8) is 0 Å². The number of pyridine rings is 1. The first-order valence-corrected chi connectivity index (χ1v) is 28.1. The van der Waals surface area contributed by atoms with Crippen LogP contribution in [0.5, 0.6) is 0 Å². The summed E-state index contributed by atoms with van der Waals surface area (Å²) < 4.78 is 49.9. The van der Waals surface area contributed by atoms with E-state index in [1.54, 1.807) is 39.1 Å². The number of nitrogens with one attached hydrogen (secondary N) is 2. The number of nitrogens with zero attached hydrogens (tertiary/aromatic N) is 2. The van der Waals surface area contributed by atoms with E-state index in [4.69, 9.17) is 42.6 Å². The Bertz CT molecular complexity index is 2320. The zero-order valence-corrected chi connectivity index (χ0v) is 50.5. The third-order valence-corrected chi connectivity index (χ3v) is 12.9. The molecule has 0 fully saturated rings. The van der Waals surface area contributed by atoms with Crippen LogP contribution in [0.15, 0.2) is 79.0 Å². The maximum Gasteiger partial charge on any atom is 0.407 e. The summed E-state index contributed by atoms with van der Waals surface area (Å²) in [5.74, 6) is -5.26. The molecule has 3 rings (SSSR count). The van der Waals surface area contributed by atoms with Crippen LogP contribution in [0.2, 0.25) is 0 Å². The van der Waals surface area contributed by atoms with Crippen LogP contribution in [0.3, 0.4) is 0 Å². The number of ether oxygens (including phenoxy) is 9. The molecule has 2 N–H and O–H groups in total. The van der Waals surface area contributed by atoms with Gasteiger partial charge >= 0.3 is 24.0 Å². The van der Waals surface area contributed by atoms with Crippen LogP contribution >= 0.6 is 0 Å². The van der Waals surface area contributed by atoms with Gasteiger partial charge in [0.2, 0.25) is 5.91 Å². The molecule has 2 amide bonds. The molecule has 81 heavy (non-hydrogen) atoms. The van der Waals surface area contributed by atoms with E-state index in [9.17, 15) is 24.0 Å². The van der Waals surface area contributed by atoms with Gasteiger partial charge in [0.05, 0.1) is 110 Å². The number of amides is 2. The highest BCUT2D eigenvalue weighted by molar-refractivity contribution is 5.88. The van der Waals surface area contributed by atoms with Crippen molar-refractivity contribution < 1.29 is 71.4 Å². The zero-order valence-electron chi connectivity index (χ0n) is 50.5. The summed E-state index contributed by atoms with van der Waals surface area (Å²) in [5, 5.41) is 4.45. The number of esters is 3. The maximum atomic E-state index is 15.1. The summed E-state index contributed by atoms with van der Waals surface area (Å²) in [6.45, 7) is 23.4. The predicted octanol–water partition coefficient (Wildman–Crippen LogP) is 8.78. The van der Waals surface area contributed by atoms with Gasteiger partial charge in [-0.25, -0.2) is 9.80 Å². The van der Waals surface area contributed by atoms with E-state index in [0.29, 0.717) is 46.2 Å². The topological polar surface area (TPSA) is 226 Å². The second-order valence-corrected chi connectivity index (χ2v) is 23.7. The molecule has 0 spiro atoms. The van der Waals surface area contributed by atoms with Crippen molar-refractivity contribution in [2.75, 3.05) is 86.8 Å². The van der Waals surface area contributed by atoms with E-state index >= 15 is 4.79 Å². The number of hydrazine groups is 1. The summed E-state index contributed by atoms with van der Waals surface area (Å²) in [5.41, 5.74) is 3.98. The minimum Gasteiger partial charge on any atom is -0.469 e. The normalized spacial score (nSPS) is 13.9. The van der Waals surface area contributed by atoms with Gasteiger partial charge in [-0.3, -0.25) is 34.4 Å². The second kappa shape index (κ2) is 35.9. The highest BCUT2D eigenvalue weighted by Gasteiger charge is 2.40. The smallest absolute Gasteiger partial charge is 0.407 e. The van der Waals surface area contributed by atoms with Gasteiger partial charge in [-0.1, -0.05) is 116 Å². The first-order valence-electron chi connectivity index (χ1n) is 28.1. The van der Waals surface area contributed by atoms with Crippen LogP contribution in [0, 0.1) is 34.5 Å². The maximum absolute atomic E-state index is 15.1. The fourth-order valence-corrected chi connectivity index (χ4v) is 8.79. The number of alkyl carbamates (subject to hydrolysis) is 1. The average Bonchev–Trinajstić information content (AvgIpc) is 3.39. The Morgan fingerprint density at radius 3 is 1.73 bits per heavy atom. The standard InChI is InChI=1S/C62H94N4O15/c1-44(2)37-49(40-55(69)81-62(9,10)11)58(71)80-53(43-66(65-57(70)50(60(3,4)5)41-54(68)74-13)42-46-22-24-47(25-23-46)51-21-17-18-26-63-51)48(38-45-19-15-14-16-20-45)39-52(67)56(61(6,7)8)64-59(72)79-36-35-78-34-33-77-32-31-76-30-29-75-28-27-73-12/h14-26,44,48-50,53,56H,27-43H2,1-13H3,(H,64,72)(H,65,70)/t48-,49-,50-,53+,56-/m1/s1. The summed E-state index contributed by atoms with van der Waals surface area (Å²) >= 11 is 0. The summed E-state index contributed by atoms with van der Waals surface area (Å²) in [7, 11) is 2.88. The van der Waals surface area contributed by atoms with Crippen molar-refractivity contribution in [1.82, 2.24) is 20.7 Å². The summed E-state index contributed by atoms with van der Waals surface area (Å²) in [4.78, 5) is 88.9. The molecule has 1 aromatic heterocycles. The number of carbonyl (C=O) groups is 6. The molecule has 0 saturated heterocycles. The van der Waals surface area contributed by atoms with E-state index in [2.05, 4.69) is 15.7 Å². The predicted molar refractivity (Wildman–Crippen MR) is 307 cm³/mol. The van der Waals surface area contributed by atoms with Gasteiger partial charge in [0.15, 0.2) is 5.78 Å². The molecule has 0 radical (unpaired) electrons. The largest absolute Gasteiger partial charge is 0.469 e. The molecule has 0 unspecified atom stereocenters. The summed E-state index contributed by atoms with van der Waals surface area (Å²) in [6.07, 6.45) is -0.412. The van der Waals surface area contributed by atoms with Crippen LogP contribution < -0.4 is 10.7 Å². The van der Waals surface area contributed by atoms with Gasteiger partial charge in [0.1, 0.15) is 18.3 Å². The number of benzene rings is 2. The highest BCUT2D eigenvalue weighted by Crippen LogP contribution is 2.32. The number of hydrogen-bond donors (Lipinski definition) is 2. The number of methoxy groups -OCH3 is 2. The second-order valence-electron chi connectivity index (χ2n) is 23.7. The molecule has 0 aliphatic carbocycles. The molecule has 2 aromatic carbocycles. The first kappa shape index (κ1) is 69.4. The van der Waals surface area contributed by atoms with E-state index < -0.39 is 76.2 Å². The van der Waals surface area contributed by atoms with E-state index in [0.717, 1.165) is 22.4 Å². The molecule has 3 aromatic rings. The van der Waals surface area contributed by atoms with Crippen molar-refractivity contribution >= 4 is 35.7 Å². The van der Waals surface area contributed by atoms with Crippen LogP contribution in [0.4, 0.5) is 4.79 Å². The van der Waals surface area contributed by atoms with Gasteiger partial charge in [-0.2, -0.15) is 0 Å². The Labute approximate surface area is 481 Å². The number of Topliss-reactive ketones (excluding diaryl/α,β-unsaturated/α-hetero) is 1. The molecule has 0 aliphatic rings. The molecule has 5 atom stereocenters. The van der Waals surface area contributed by atoms with Crippen LogP contribution in [-0.2, 0) is 79.6 Å². The Morgan fingerprint density at radius 2 is 1.21 bits per heavy atom. The van der Waals surface area contributed by atoms with Crippen molar-refractivity contribution in [3.05, 3.63) is 90.1 Å². The molecule has 1 heterocycles. The Morgan fingerprint density at radius 1 is 0.630 bits per heavy atom. The van der Waals surface area contributed by atoms with Crippen molar-refractivity contribution in [2.24, 2.45) is 34.5 Å². The highest BCUT2D eigenvalue weighted by atomic mass is 16.6. The monoisotopic (exact) mass is 1130 g/mol. The Hall–Kier alpha value is -5.83. The van der Waals surface area contributed by atoms with Gasteiger partial charge < -0.3 is 47.9 Å². The molecular weight excluding hydrogens is 1040 g/mol. The third-order valence-electron chi connectivity index (χ3n) is 12.9. The zero-order chi connectivity index (χ0) is 60.0. The molecular formula is C62H94N4O15. The lowest BCUT2D eigenvalue weighted by atomic mass is 9.78. The number of carbonyl (C=O) groups excluding carboxylic acids is 6. The number of aromatic nitrogens is 1. The lowest BCUT2D eigenvalue weighted by Gasteiger charge is -2.37. The van der Waals surface area contributed by atoms with Gasteiger partial charge in [0, 0.05) is 37.8 Å². The molecule has 19 heteroatoms. The minimum absolute atomic E-state index is 0.0308. The van der Waals surface area contributed by atoms with E-state index in [1.165, 1.54) is 7.11 Å². The quantitative estimate of drug-likeness (QED) is 0.0238. The fraction of sp³-hybridized carbons (Fsp3) is 0.629. The molecule has 19 nitrogen and oxygen atoms in total. The van der Waals surface area contributed by atoms with Crippen LogP contribution in [0.25, 0.3) is 11.3 Å². The first-order chi connectivity index (χ1) is 38.3. The minimum atomic E-state index is -1.14. The molecule has 0 saturated carbocycles. The Kier molecular flexibility index (Phi) is 30.8. The van der Waals surface area contributed by atoms with Gasteiger partial charge in [0.25, 0.3) is 0 Å². The van der Waals surface area contributed by atoms with Crippen molar-refractivity contribution in [1.29, 1.82) is 0 Å².